The normalized spacial score (nSPS) is 12.8. The van der Waals surface area contributed by atoms with E-state index in [4.69, 9.17) is 9.84 Å². The van der Waals surface area contributed by atoms with E-state index in [1.165, 1.54) is 0 Å². The van der Waals surface area contributed by atoms with Gasteiger partial charge in [0.15, 0.2) is 0 Å². The van der Waals surface area contributed by atoms with Crippen molar-refractivity contribution >= 4 is 6.09 Å². The largest absolute Gasteiger partial charge is 0.445 e. The zero-order valence-electron chi connectivity index (χ0n) is 9.98. The minimum absolute atomic E-state index is 0.0253. The molecule has 1 atom stereocenters. The van der Waals surface area contributed by atoms with Crippen molar-refractivity contribution in [3.8, 4) is 0 Å². The average molecular weight is 277 g/mol. The summed E-state index contributed by atoms with van der Waals surface area (Å²) in [5.41, 5.74) is 0.729. The molecule has 0 spiro atoms. The Hall–Kier alpha value is -1.76. The highest BCUT2D eigenvalue weighted by atomic mass is 19.4. The van der Waals surface area contributed by atoms with Gasteiger partial charge in [0.05, 0.1) is 12.5 Å². The van der Waals surface area contributed by atoms with Crippen molar-refractivity contribution in [2.75, 3.05) is 13.2 Å². The fourth-order valence-electron chi connectivity index (χ4n) is 1.26. The molecule has 1 aromatic carbocycles. The third kappa shape index (κ3) is 5.60. The van der Waals surface area contributed by atoms with Gasteiger partial charge in [-0.25, -0.2) is 4.79 Å². The summed E-state index contributed by atoms with van der Waals surface area (Å²) in [4.78, 5) is 11.2. The molecule has 0 aliphatic rings. The SMILES string of the molecule is O=C(NCC(CO)C(F)(F)F)OCc1ccccc1. The standard InChI is InChI=1S/C12H14F3NO3/c13-12(14,15)10(7-17)6-16-11(18)19-8-9-4-2-1-3-5-9/h1-5,10,17H,6-8H2,(H,16,18). The lowest BCUT2D eigenvalue weighted by molar-refractivity contribution is -0.181. The molecule has 19 heavy (non-hydrogen) atoms. The van der Waals surface area contributed by atoms with E-state index in [1.807, 2.05) is 5.32 Å². The van der Waals surface area contributed by atoms with Crippen molar-refractivity contribution in [2.24, 2.45) is 5.92 Å². The van der Waals surface area contributed by atoms with E-state index >= 15 is 0 Å². The first kappa shape index (κ1) is 15.3. The van der Waals surface area contributed by atoms with E-state index in [9.17, 15) is 18.0 Å². The molecule has 1 aromatic rings. The Balaban J connectivity index is 2.32. The van der Waals surface area contributed by atoms with Crippen molar-refractivity contribution in [3.63, 3.8) is 0 Å². The van der Waals surface area contributed by atoms with Gasteiger partial charge in [0, 0.05) is 6.54 Å². The maximum Gasteiger partial charge on any atom is 0.407 e. The second-order valence-electron chi connectivity index (χ2n) is 3.86. The Labute approximate surface area is 108 Å². The number of benzene rings is 1. The predicted molar refractivity (Wildman–Crippen MR) is 61.3 cm³/mol. The number of halogens is 3. The first-order valence-corrected chi connectivity index (χ1v) is 5.55. The molecule has 0 radical (unpaired) electrons. The third-order valence-electron chi connectivity index (χ3n) is 2.39. The number of alkyl carbamates (subject to hydrolysis) is 1. The number of hydrogen-bond acceptors (Lipinski definition) is 3. The number of carbonyl (C=O) groups excluding carboxylic acids is 1. The fraction of sp³-hybridized carbons (Fsp3) is 0.417. The van der Waals surface area contributed by atoms with Gasteiger partial charge < -0.3 is 15.2 Å². The summed E-state index contributed by atoms with van der Waals surface area (Å²) < 4.78 is 41.5. The Kier molecular flexibility index (Phi) is 5.62. The smallest absolute Gasteiger partial charge is 0.407 e. The highest BCUT2D eigenvalue weighted by molar-refractivity contribution is 5.67. The summed E-state index contributed by atoms with van der Waals surface area (Å²) in [5, 5.41) is 10.5. The summed E-state index contributed by atoms with van der Waals surface area (Å²) in [6.07, 6.45) is -5.51. The Bertz CT molecular complexity index is 395. The van der Waals surface area contributed by atoms with Gasteiger partial charge in [0.25, 0.3) is 0 Å². The molecule has 0 aliphatic carbocycles. The summed E-state index contributed by atoms with van der Waals surface area (Å²) >= 11 is 0. The average Bonchev–Trinajstić information content (AvgIpc) is 2.36. The molecule has 0 saturated carbocycles. The van der Waals surface area contributed by atoms with Crippen molar-refractivity contribution in [1.29, 1.82) is 0 Å². The fourth-order valence-corrected chi connectivity index (χ4v) is 1.26. The molecule has 1 unspecified atom stereocenters. The molecule has 106 valence electrons. The van der Waals surface area contributed by atoms with Crippen LogP contribution in [0.2, 0.25) is 0 Å². The Morgan fingerprint density at radius 3 is 2.47 bits per heavy atom. The van der Waals surface area contributed by atoms with Crippen LogP contribution in [0.4, 0.5) is 18.0 Å². The topological polar surface area (TPSA) is 58.6 Å². The van der Waals surface area contributed by atoms with Gasteiger partial charge in [-0.05, 0) is 5.56 Å². The molecule has 1 amide bonds. The molecular weight excluding hydrogens is 263 g/mol. The lowest BCUT2D eigenvalue weighted by atomic mass is 10.1. The molecule has 1 rings (SSSR count). The van der Waals surface area contributed by atoms with Gasteiger partial charge in [-0.2, -0.15) is 13.2 Å². The van der Waals surface area contributed by atoms with Crippen LogP contribution in [-0.2, 0) is 11.3 Å². The number of hydrogen-bond donors (Lipinski definition) is 2. The van der Waals surface area contributed by atoms with Crippen LogP contribution >= 0.6 is 0 Å². The molecular formula is C12H14F3NO3. The predicted octanol–water partition coefficient (Wildman–Crippen LogP) is 2.08. The van der Waals surface area contributed by atoms with Crippen LogP contribution < -0.4 is 5.32 Å². The monoisotopic (exact) mass is 277 g/mol. The molecule has 2 N–H and O–H groups in total. The molecule has 0 aromatic heterocycles. The van der Waals surface area contributed by atoms with Gasteiger partial charge in [0.1, 0.15) is 6.61 Å². The van der Waals surface area contributed by atoms with Crippen LogP contribution in [-0.4, -0.2) is 30.5 Å². The van der Waals surface area contributed by atoms with E-state index in [0.717, 1.165) is 5.56 Å². The maximum atomic E-state index is 12.3. The van der Waals surface area contributed by atoms with Crippen LogP contribution in [0.3, 0.4) is 0 Å². The number of nitrogens with one attached hydrogen (secondary N) is 1. The van der Waals surface area contributed by atoms with Gasteiger partial charge in [0.2, 0.25) is 0 Å². The van der Waals surface area contributed by atoms with Crippen LogP contribution in [0.1, 0.15) is 5.56 Å². The van der Waals surface area contributed by atoms with Crippen molar-refractivity contribution in [3.05, 3.63) is 35.9 Å². The molecule has 0 heterocycles. The maximum absolute atomic E-state index is 12.3. The van der Waals surface area contributed by atoms with Crippen LogP contribution in [0.25, 0.3) is 0 Å². The minimum Gasteiger partial charge on any atom is -0.445 e. The van der Waals surface area contributed by atoms with E-state index in [1.54, 1.807) is 30.3 Å². The number of amides is 1. The summed E-state index contributed by atoms with van der Waals surface area (Å²) in [6, 6.07) is 8.74. The lowest BCUT2D eigenvalue weighted by Gasteiger charge is -2.18. The number of aliphatic hydroxyl groups is 1. The molecule has 0 aliphatic heterocycles. The van der Waals surface area contributed by atoms with Gasteiger partial charge in [-0.15, -0.1) is 0 Å². The summed E-state index contributed by atoms with van der Waals surface area (Å²) in [6.45, 7) is -1.82. The number of ether oxygens (including phenoxy) is 1. The van der Waals surface area contributed by atoms with Crippen LogP contribution in [0.5, 0.6) is 0 Å². The quantitative estimate of drug-likeness (QED) is 0.866. The second-order valence-corrected chi connectivity index (χ2v) is 3.86. The van der Waals surface area contributed by atoms with Gasteiger partial charge in [-0.1, -0.05) is 30.3 Å². The third-order valence-corrected chi connectivity index (χ3v) is 2.39. The molecule has 4 nitrogen and oxygen atoms in total. The first-order valence-electron chi connectivity index (χ1n) is 5.55. The number of rotatable bonds is 5. The second kappa shape index (κ2) is 6.98. The summed E-state index contributed by atoms with van der Waals surface area (Å²) in [5.74, 6) is -1.99. The molecule has 7 heteroatoms. The highest BCUT2D eigenvalue weighted by Gasteiger charge is 2.39. The van der Waals surface area contributed by atoms with Gasteiger partial charge >= 0.3 is 12.3 Å². The number of carbonyl (C=O) groups is 1. The Morgan fingerprint density at radius 2 is 1.95 bits per heavy atom. The minimum atomic E-state index is -4.55. The molecule has 0 saturated heterocycles. The number of alkyl halides is 3. The Morgan fingerprint density at radius 1 is 1.32 bits per heavy atom. The van der Waals surface area contributed by atoms with E-state index in [2.05, 4.69) is 0 Å². The highest BCUT2D eigenvalue weighted by Crippen LogP contribution is 2.25. The van der Waals surface area contributed by atoms with E-state index < -0.39 is 31.3 Å². The van der Waals surface area contributed by atoms with Gasteiger partial charge in [-0.3, -0.25) is 0 Å². The zero-order chi connectivity index (χ0) is 14.3. The van der Waals surface area contributed by atoms with E-state index in [-0.39, 0.29) is 6.61 Å². The van der Waals surface area contributed by atoms with Crippen molar-refractivity contribution in [1.82, 2.24) is 5.32 Å². The molecule has 0 fully saturated rings. The molecule has 0 bridgehead atoms. The van der Waals surface area contributed by atoms with E-state index in [0.29, 0.717) is 0 Å². The van der Waals surface area contributed by atoms with Crippen LogP contribution in [0, 0.1) is 5.92 Å². The van der Waals surface area contributed by atoms with Crippen LogP contribution in [0.15, 0.2) is 30.3 Å². The first-order chi connectivity index (χ1) is 8.93. The van der Waals surface area contributed by atoms with Crippen molar-refractivity contribution < 1.29 is 27.8 Å². The van der Waals surface area contributed by atoms with Crippen molar-refractivity contribution in [2.45, 2.75) is 12.8 Å². The zero-order valence-corrected chi connectivity index (χ0v) is 9.98. The summed E-state index contributed by atoms with van der Waals surface area (Å²) in [7, 11) is 0. The lowest BCUT2D eigenvalue weighted by Crippen LogP contribution is -2.38. The number of aliphatic hydroxyl groups excluding tert-OH is 1.